The molecule has 1 N–H and O–H groups in total. The van der Waals surface area contributed by atoms with Crippen LogP contribution in [-0.2, 0) is 15.0 Å². The van der Waals surface area contributed by atoms with Crippen LogP contribution in [0.5, 0.6) is 0 Å². The van der Waals surface area contributed by atoms with Gasteiger partial charge in [-0.15, -0.1) is 0 Å². The van der Waals surface area contributed by atoms with Gasteiger partial charge in [-0.3, -0.25) is 0 Å². The lowest BCUT2D eigenvalue weighted by Crippen LogP contribution is -2.48. The first-order valence-corrected chi connectivity index (χ1v) is 25.7. The third-order valence-electron chi connectivity index (χ3n) is 14.1. The molecule has 4 rings (SSSR count). The normalized spacial score (nSPS) is 28.9. The summed E-state index contributed by atoms with van der Waals surface area (Å²) in [5, 5.41) is 11.1. The van der Waals surface area contributed by atoms with Crippen LogP contribution in [0.4, 0.5) is 13.2 Å². The molecule has 290 valence electrons. The van der Waals surface area contributed by atoms with Crippen LogP contribution in [0.25, 0.3) is 0 Å². The monoisotopic (exact) mass is 748 g/mol. The van der Waals surface area contributed by atoms with E-state index in [4.69, 9.17) is 8.85 Å². The van der Waals surface area contributed by atoms with Crippen LogP contribution in [0.1, 0.15) is 143 Å². The average Bonchev–Trinajstić information content (AvgIpc) is 3.35. The molecule has 3 nitrogen and oxygen atoms in total. The van der Waals surface area contributed by atoms with E-state index in [0.29, 0.717) is 29.7 Å². The topological polar surface area (TPSA) is 38.7 Å². The smallest absolute Gasteiger partial charge is 0.414 e. The van der Waals surface area contributed by atoms with E-state index in [1.807, 2.05) is 0 Å². The summed E-state index contributed by atoms with van der Waals surface area (Å²) in [6, 6.07) is 4.98. The van der Waals surface area contributed by atoms with E-state index in [1.54, 1.807) is 5.57 Å². The molecule has 0 heterocycles. The lowest BCUT2D eigenvalue weighted by atomic mass is 9.60. The highest BCUT2D eigenvalue weighted by Crippen LogP contribution is 2.60. The van der Waals surface area contributed by atoms with Crippen molar-refractivity contribution in [2.75, 3.05) is 0 Å². The van der Waals surface area contributed by atoms with E-state index in [1.165, 1.54) is 49.8 Å². The zero-order chi connectivity index (χ0) is 38.2. The third kappa shape index (κ3) is 10.3. The van der Waals surface area contributed by atoms with Crippen LogP contribution in [0.3, 0.4) is 0 Å². The highest BCUT2D eigenvalue weighted by molar-refractivity contribution is 6.74. The van der Waals surface area contributed by atoms with Gasteiger partial charge in [-0.1, -0.05) is 104 Å². The third-order valence-corrected chi connectivity index (χ3v) is 23.1. The van der Waals surface area contributed by atoms with Crippen molar-refractivity contribution >= 4 is 16.6 Å². The van der Waals surface area contributed by atoms with Gasteiger partial charge in [0, 0.05) is 0 Å². The minimum absolute atomic E-state index is 0.167. The van der Waals surface area contributed by atoms with E-state index >= 15 is 0 Å². The maximum Gasteiger partial charge on any atom is 0.416 e. The fraction of sp³-hybridized carbons (Fsp3) is 0.767. The van der Waals surface area contributed by atoms with E-state index < -0.39 is 34.5 Å². The van der Waals surface area contributed by atoms with Gasteiger partial charge < -0.3 is 14.0 Å². The Hall–Kier alpha value is -1.20. The highest BCUT2D eigenvalue weighted by Gasteiger charge is 2.50. The van der Waals surface area contributed by atoms with Crippen molar-refractivity contribution in [3.8, 4) is 0 Å². The number of fused-ring (bicyclic) bond motifs is 1. The molecular weight excluding hydrogens is 678 g/mol. The zero-order valence-corrected chi connectivity index (χ0v) is 36.1. The summed E-state index contributed by atoms with van der Waals surface area (Å²) < 4.78 is 53.1. The second-order valence-corrected chi connectivity index (χ2v) is 29.4. The van der Waals surface area contributed by atoms with Crippen LogP contribution in [0.15, 0.2) is 47.6 Å². The van der Waals surface area contributed by atoms with Crippen molar-refractivity contribution in [2.24, 2.45) is 23.2 Å². The minimum atomic E-state index is -4.36. The SMILES string of the molecule is C[C@H](CCCC(O)c1ccc(C(F)(F)F)cc1)[C@H]1CC[C@H]2/C(=C/C=C3C[C@@H](O[Si](C)(C)C(C)(C)C)C[C@H](O[Si](C)(C)C(C)(C)C)C3)CCC[C@]12C. The lowest BCUT2D eigenvalue weighted by molar-refractivity contribution is -0.137. The van der Waals surface area contributed by atoms with Gasteiger partial charge >= 0.3 is 6.18 Å². The molecule has 0 radical (unpaired) electrons. The van der Waals surface area contributed by atoms with Gasteiger partial charge in [0.05, 0.1) is 23.9 Å². The summed E-state index contributed by atoms with van der Waals surface area (Å²) >= 11 is 0. The second-order valence-electron chi connectivity index (χ2n) is 19.9. The summed E-state index contributed by atoms with van der Waals surface area (Å²) in [7, 11) is -3.86. The van der Waals surface area contributed by atoms with Crippen LogP contribution >= 0.6 is 0 Å². The Bertz CT molecular complexity index is 1330. The first-order valence-electron chi connectivity index (χ1n) is 19.9. The van der Waals surface area contributed by atoms with Crippen molar-refractivity contribution in [1.82, 2.24) is 0 Å². The van der Waals surface area contributed by atoms with Crippen molar-refractivity contribution in [3.63, 3.8) is 0 Å². The molecule has 51 heavy (non-hydrogen) atoms. The molecule has 3 fully saturated rings. The molecule has 8 heteroatoms. The summed E-state index contributed by atoms with van der Waals surface area (Å²) in [5.41, 5.74) is 3.27. The molecule has 7 atom stereocenters. The number of benzene rings is 1. The molecule has 3 aliphatic rings. The number of hydrogen-bond donors (Lipinski definition) is 1. The number of alkyl halides is 3. The Morgan fingerprint density at radius 1 is 0.863 bits per heavy atom. The molecule has 0 amide bonds. The second kappa shape index (κ2) is 15.9. The van der Waals surface area contributed by atoms with Gasteiger partial charge in [0.15, 0.2) is 16.6 Å². The van der Waals surface area contributed by atoms with E-state index in [2.05, 4.69) is 93.7 Å². The van der Waals surface area contributed by atoms with Crippen molar-refractivity contribution in [3.05, 3.63) is 58.7 Å². The van der Waals surface area contributed by atoms with Crippen LogP contribution in [0.2, 0.25) is 36.3 Å². The maximum absolute atomic E-state index is 13.0. The lowest BCUT2D eigenvalue weighted by Gasteiger charge is -2.45. The molecule has 1 unspecified atom stereocenters. The predicted molar refractivity (Wildman–Crippen MR) is 212 cm³/mol. The molecule has 1 aromatic carbocycles. The first kappa shape index (κ1) is 42.5. The summed E-state index contributed by atoms with van der Waals surface area (Å²) in [6.07, 6.45) is 11.8. The standard InChI is InChI=1S/C43H71F3O3Si2/c1-30(15-13-17-39(47)33-20-22-34(23-21-33)43(44,45)46)37-24-25-38-32(16-14-26-42(37,38)8)19-18-31-27-35(48-50(9,10)40(2,3)4)29-36(28-31)49-51(11,12)41(5,6)7/h18-23,30,35-39,47H,13-17,24-29H2,1-12H3/b32-19+/t30-,35-,36-,37-,38+,39?,42-/m1/s1. The number of aliphatic hydroxyl groups is 1. The zero-order valence-electron chi connectivity index (χ0n) is 34.1. The van der Waals surface area contributed by atoms with Crippen LogP contribution in [0, 0.1) is 23.2 Å². The Kier molecular flexibility index (Phi) is 13.2. The molecular formula is C43H71F3O3Si2. The van der Waals surface area contributed by atoms with Gasteiger partial charge in [-0.05, 0) is 135 Å². The number of aliphatic hydroxyl groups excluding tert-OH is 1. The minimum Gasteiger partial charge on any atom is -0.414 e. The van der Waals surface area contributed by atoms with Crippen molar-refractivity contribution in [2.45, 2.75) is 187 Å². The van der Waals surface area contributed by atoms with E-state index in [9.17, 15) is 18.3 Å². The molecule has 1 aromatic rings. The Balaban J connectivity index is 1.44. The molecule has 0 aliphatic heterocycles. The number of allylic oxidation sites excluding steroid dienone is 3. The van der Waals surface area contributed by atoms with Gasteiger partial charge in [0.1, 0.15) is 0 Å². The van der Waals surface area contributed by atoms with E-state index in [-0.39, 0.29) is 27.7 Å². The van der Waals surface area contributed by atoms with Crippen molar-refractivity contribution in [1.29, 1.82) is 0 Å². The Morgan fingerprint density at radius 2 is 1.41 bits per heavy atom. The largest absolute Gasteiger partial charge is 0.416 e. The van der Waals surface area contributed by atoms with E-state index in [0.717, 1.165) is 44.2 Å². The molecule has 3 aliphatic carbocycles. The van der Waals surface area contributed by atoms with Gasteiger partial charge in [0.25, 0.3) is 0 Å². The van der Waals surface area contributed by atoms with Crippen molar-refractivity contribution < 1.29 is 27.1 Å². The molecule has 0 aromatic heterocycles. The number of hydrogen-bond acceptors (Lipinski definition) is 3. The molecule has 0 saturated heterocycles. The molecule has 0 spiro atoms. The van der Waals surface area contributed by atoms with Gasteiger partial charge in [0.2, 0.25) is 0 Å². The fourth-order valence-electron chi connectivity index (χ4n) is 8.97. The van der Waals surface area contributed by atoms with Gasteiger partial charge in [-0.2, -0.15) is 13.2 Å². The molecule has 3 saturated carbocycles. The fourth-order valence-corrected chi connectivity index (χ4v) is 11.7. The Morgan fingerprint density at radius 3 is 1.92 bits per heavy atom. The summed E-state index contributed by atoms with van der Waals surface area (Å²) in [4.78, 5) is 0. The predicted octanol–water partition coefficient (Wildman–Crippen LogP) is 13.6. The maximum atomic E-state index is 13.0. The molecule has 0 bridgehead atoms. The number of rotatable bonds is 11. The van der Waals surface area contributed by atoms with Crippen LogP contribution in [-0.4, -0.2) is 33.9 Å². The highest BCUT2D eigenvalue weighted by atomic mass is 28.4. The van der Waals surface area contributed by atoms with Gasteiger partial charge in [-0.25, -0.2) is 0 Å². The quantitative estimate of drug-likeness (QED) is 0.229. The summed E-state index contributed by atoms with van der Waals surface area (Å²) in [5.74, 6) is 1.79. The average molecular weight is 749 g/mol. The van der Waals surface area contributed by atoms with Crippen LogP contribution < -0.4 is 0 Å². The number of halogens is 3. The summed E-state index contributed by atoms with van der Waals surface area (Å²) in [6.45, 7) is 28.4. The Labute approximate surface area is 311 Å². The first-order chi connectivity index (χ1) is 23.3.